The molecule has 71 heavy (non-hydrogen) atoms. The van der Waals surface area contributed by atoms with Crippen molar-refractivity contribution in [3.8, 4) is 23.0 Å². The number of aromatic nitrogens is 5. The average Bonchev–Trinajstić information content (AvgIpc) is 3.74. The Labute approximate surface area is 400 Å². The SMILES string of the molecule is CC(C)(C#Cc1ccc(-c2ccc(Cl)c3c(CS(=O)(=O)NC(=O)CNC(=O)O)nn(CC(F)(F)F)c23)c([C@H](Cc2cc(F)cc(F)c2)NC(=O)Cn2nc(C(F)(F)F)c3c2C(F)(F)[C@@H]2C[C@H]32)n1)S(C)(=O)=O. The minimum Gasteiger partial charge on any atom is -0.465 e. The summed E-state index contributed by atoms with van der Waals surface area (Å²) in [6.07, 6.45) is -12.1. The molecular weight excluding hydrogens is 1030 g/mol. The molecule has 3 heterocycles. The van der Waals surface area contributed by atoms with Crippen LogP contribution in [0.1, 0.15) is 71.8 Å². The molecule has 2 aliphatic carbocycles. The van der Waals surface area contributed by atoms with Crippen LogP contribution in [0, 0.1) is 29.4 Å². The van der Waals surface area contributed by atoms with Gasteiger partial charge in [-0.3, -0.25) is 23.7 Å². The van der Waals surface area contributed by atoms with E-state index in [4.69, 9.17) is 16.7 Å². The van der Waals surface area contributed by atoms with E-state index in [2.05, 4.69) is 32.3 Å². The molecular formula is C42H35ClF10N8O8S2. The fourth-order valence-corrected chi connectivity index (χ4v) is 9.58. The van der Waals surface area contributed by atoms with Crippen LogP contribution in [0.25, 0.3) is 22.0 Å². The molecule has 0 spiro atoms. The van der Waals surface area contributed by atoms with Crippen molar-refractivity contribution in [2.75, 3.05) is 12.8 Å². The van der Waals surface area contributed by atoms with Crippen LogP contribution in [0.2, 0.25) is 5.02 Å². The Kier molecular flexibility index (Phi) is 13.5. The predicted molar refractivity (Wildman–Crippen MR) is 230 cm³/mol. The lowest BCUT2D eigenvalue weighted by Crippen LogP contribution is -2.39. The Bertz CT molecular complexity index is 3310. The molecule has 5 aromatic rings. The van der Waals surface area contributed by atoms with Crippen LogP contribution in [-0.4, -0.2) is 88.1 Å². The molecule has 3 amide bonds. The Morgan fingerprint density at radius 3 is 2.20 bits per heavy atom. The normalized spacial score (nSPS) is 16.9. The van der Waals surface area contributed by atoms with Crippen molar-refractivity contribution < 1.29 is 80.2 Å². The van der Waals surface area contributed by atoms with Crippen molar-refractivity contribution in [1.29, 1.82) is 0 Å². The fourth-order valence-electron chi connectivity index (χ4n) is 8.03. The number of hydrogen-bond donors (Lipinski definition) is 4. The Balaban J connectivity index is 1.43. The van der Waals surface area contributed by atoms with Crippen LogP contribution >= 0.6 is 11.6 Å². The highest BCUT2D eigenvalue weighted by Gasteiger charge is 2.68. The number of halogens is 11. The number of carbonyl (C=O) groups is 3. The number of fused-ring (bicyclic) bond motifs is 4. The van der Waals surface area contributed by atoms with Gasteiger partial charge in [0.2, 0.25) is 15.9 Å². The van der Waals surface area contributed by atoms with Gasteiger partial charge in [0.1, 0.15) is 53.2 Å². The third-order valence-electron chi connectivity index (χ3n) is 11.4. The first-order valence-corrected chi connectivity index (χ1v) is 24.4. The molecule has 0 bridgehead atoms. The average molecular weight is 1070 g/mol. The smallest absolute Gasteiger partial charge is 0.435 e. The fraction of sp³-hybridized carbons (Fsp3) is 0.381. The first kappa shape index (κ1) is 52.4. The lowest BCUT2D eigenvalue weighted by molar-refractivity contribution is -0.143. The zero-order valence-electron chi connectivity index (χ0n) is 36.5. The summed E-state index contributed by atoms with van der Waals surface area (Å²) in [5, 5.41) is 19.2. The number of hydrogen-bond acceptors (Lipinski definition) is 10. The van der Waals surface area contributed by atoms with Gasteiger partial charge < -0.3 is 15.7 Å². The molecule has 1 saturated carbocycles. The number of carboxylic acid groups (broad SMARTS) is 1. The van der Waals surface area contributed by atoms with E-state index in [0.717, 1.165) is 42.7 Å². The van der Waals surface area contributed by atoms with Gasteiger partial charge in [0, 0.05) is 40.3 Å². The van der Waals surface area contributed by atoms with Gasteiger partial charge in [-0.1, -0.05) is 23.6 Å². The van der Waals surface area contributed by atoms with Gasteiger partial charge in [-0.15, -0.1) is 0 Å². The van der Waals surface area contributed by atoms with Crippen molar-refractivity contribution in [3.05, 3.63) is 98.7 Å². The number of benzene rings is 2. The minimum atomic E-state index is -5.23. The van der Waals surface area contributed by atoms with E-state index in [1.807, 2.05) is 0 Å². The summed E-state index contributed by atoms with van der Waals surface area (Å²) in [6.45, 7) is -1.85. The van der Waals surface area contributed by atoms with Gasteiger partial charge in [0.05, 0.1) is 28.0 Å². The summed E-state index contributed by atoms with van der Waals surface area (Å²) < 4.78 is 198. The largest absolute Gasteiger partial charge is 0.465 e. The first-order chi connectivity index (χ1) is 32.7. The van der Waals surface area contributed by atoms with Gasteiger partial charge in [-0.25, -0.2) is 35.4 Å². The summed E-state index contributed by atoms with van der Waals surface area (Å²) in [5.74, 6) is -7.87. The van der Waals surface area contributed by atoms with Crippen LogP contribution in [0.5, 0.6) is 0 Å². The second-order valence-corrected chi connectivity index (χ2v) is 21.8. The standard InChI is InChI=1S/C42H35ClF10N8O8S2/c1-39(2,70(3,66)67)9-8-22-4-5-23(24-6-7-27(43)33-29(57-61(35(24)33)18-40(46,47)48)17-71(68,69)59-30(62)15-54-38(64)65)34(55-22)28(12-19-10-20(44)13-21(45)11-19)56-31(63)16-60-37-32(36(58-60)42(51,52)53)25-14-26(25)41(37,49)50/h4-7,10-11,13,25-26,28,54H,12,14-18H2,1-3H3,(H,56,63)(H,59,62)(H,64,65)/t25-,26+,28-/m0/s1. The number of amides is 3. The maximum Gasteiger partial charge on any atom is 0.435 e. The Morgan fingerprint density at radius 1 is 0.944 bits per heavy atom. The molecule has 380 valence electrons. The van der Waals surface area contributed by atoms with E-state index in [-0.39, 0.29) is 38.2 Å². The maximum atomic E-state index is 15.5. The molecule has 3 aromatic heterocycles. The molecule has 16 nitrogen and oxygen atoms in total. The van der Waals surface area contributed by atoms with Crippen LogP contribution in [-0.2, 0) is 66.8 Å². The van der Waals surface area contributed by atoms with E-state index in [9.17, 15) is 66.3 Å². The van der Waals surface area contributed by atoms with E-state index in [1.165, 1.54) is 13.8 Å². The number of carbonyl (C=O) groups excluding carboxylic acids is 2. The first-order valence-electron chi connectivity index (χ1n) is 20.4. The van der Waals surface area contributed by atoms with Crippen LogP contribution in [0.4, 0.5) is 48.7 Å². The number of nitrogens with zero attached hydrogens (tertiary/aromatic N) is 5. The maximum absolute atomic E-state index is 15.5. The summed E-state index contributed by atoms with van der Waals surface area (Å²) in [4.78, 5) is 41.7. The zero-order chi connectivity index (χ0) is 52.6. The lowest BCUT2D eigenvalue weighted by Gasteiger charge is -2.23. The molecule has 3 atom stereocenters. The van der Waals surface area contributed by atoms with Gasteiger partial charge in [0.25, 0.3) is 11.8 Å². The Hall–Kier alpha value is -6.47. The molecule has 1 fully saturated rings. The van der Waals surface area contributed by atoms with E-state index in [0.29, 0.717) is 6.07 Å². The van der Waals surface area contributed by atoms with E-state index >= 15 is 8.78 Å². The quantitative estimate of drug-likeness (QED) is 0.0694. The minimum absolute atomic E-state index is 0.182. The number of pyridine rings is 1. The lowest BCUT2D eigenvalue weighted by atomic mass is 9.93. The van der Waals surface area contributed by atoms with Crippen molar-refractivity contribution >= 4 is 60.3 Å². The van der Waals surface area contributed by atoms with E-state index < -0.39 is 166 Å². The van der Waals surface area contributed by atoms with Crippen molar-refractivity contribution in [3.63, 3.8) is 0 Å². The monoisotopic (exact) mass is 1070 g/mol. The van der Waals surface area contributed by atoms with Gasteiger partial charge in [-0.05, 0) is 74.4 Å². The second-order valence-electron chi connectivity index (χ2n) is 17.1. The van der Waals surface area contributed by atoms with Crippen LogP contribution in [0.15, 0.2) is 42.5 Å². The summed E-state index contributed by atoms with van der Waals surface area (Å²) >= 11 is 6.52. The number of sulfone groups is 1. The highest BCUT2D eigenvalue weighted by Crippen LogP contribution is 2.68. The van der Waals surface area contributed by atoms with E-state index in [1.54, 1.807) is 10.0 Å². The number of nitrogens with one attached hydrogen (secondary N) is 3. The molecule has 0 saturated heterocycles. The van der Waals surface area contributed by atoms with Crippen molar-refractivity contribution in [2.24, 2.45) is 5.92 Å². The van der Waals surface area contributed by atoms with Crippen molar-refractivity contribution in [2.45, 2.75) is 80.5 Å². The molecule has 7 rings (SSSR count). The second kappa shape index (κ2) is 18.3. The summed E-state index contributed by atoms with van der Waals surface area (Å²) in [7, 11) is -8.80. The van der Waals surface area contributed by atoms with Gasteiger partial charge >= 0.3 is 18.4 Å². The van der Waals surface area contributed by atoms with Gasteiger partial charge in [-0.2, -0.15) is 45.3 Å². The number of rotatable bonds is 14. The Morgan fingerprint density at radius 2 is 1.59 bits per heavy atom. The van der Waals surface area contributed by atoms with Crippen molar-refractivity contribution in [1.82, 2.24) is 39.9 Å². The van der Waals surface area contributed by atoms with Crippen LogP contribution in [0.3, 0.4) is 0 Å². The molecule has 2 aliphatic rings. The molecule has 4 N–H and O–H groups in total. The third-order valence-corrected chi connectivity index (χ3v) is 14.9. The molecule has 29 heteroatoms. The molecule has 0 radical (unpaired) electrons. The van der Waals surface area contributed by atoms with Crippen LogP contribution < -0.4 is 15.4 Å². The van der Waals surface area contributed by atoms with Gasteiger partial charge in [0.15, 0.2) is 15.5 Å². The predicted octanol–water partition coefficient (Wildman–Crippen LogP) is 6.50. The highest BCUT2D eigenvalue weighted by atomic mass is 35.5. The highest BCUT2D eigenvalue weighted by molar-refractivity contribution is 7.92. The number of sulfonamides is 1. The molecule has 0 aliphatic heterocycles. The zero-order valence-corrected chi connectivity index (χ0v) is 38.9. The topological polar surface area (TPSA) is 224 Å². The number of alkyl halides is 8. The third kappa shape index (κ3) is 11.2. The summed E-state index contributed by atoms with van der Waals surface area (Å²) in [5.41, 5.74) is -6.51. The molecule has 0 unspecified atom stereocenters. The summed E-state index contributed by atoms with van der Waals surface area (Å²) in [6, 6.07) is 4.75. The molecule has 2 aromatic carbocycles.